The summed E-state index contributed by atoms with van der Waals surface area (Å²) in [5.74, 6) is -1.93. The summed E-state index contributed by atoms with van der Waals surface area (Å²) in [4.78, 5) is 56.4. The van der Waals surface area contributed by atoms with Crippen LogP contribution < -0.4 is 26.2 Å². The molecular weight excluding hydrogens is 858 g/mol. The number of carbonyl (C=O) groups is 3. The molecule has 2 atom stereocenters. The molecule has 7 N–H and O–H groups in total. The van der Waals surface area contributed by atoms with E-state index in [1.807, 2.05) is 18.2 Å². The topological polar surface area (TPSA) is 203 Å². The molecule has 1 aliphatic heterocycles. The van der Waals surface area contributed by atoms with Crippen LogP contribution in [0.4, 0.5) is 4.39 Å². The number of fused-ring (bicyclic) bond motifs is 1. The van der Waals surface area contributed by atoms with E-state index in [-0.39, 0.29) is 89.5 Å². The van der Waals surface area contributed by atoms with Gasteiger partial charge in [0.25, 0.3) is 11.8 Å². The number of hydrogen-bond donors (Lipinski definition) is 7. The highest BCUT2D eigenvalue weighted by Crippen LogP contribution is 2.34. The van der Waals surface area contributed by atoms with Crippen molar-refractivity contribution in [2.45, 2.75) is 62.6 Å². The molecular formula is C52H54FN5O9. The predicted octanol–water partition coefficient (Wildman–Crippen LogP) is 5.34. The van der Waals surface area contributed by atoms with E-state index in [2.05, 4.69) is 38.0 Å². The number of ether oxygens (including phenoxy) is 2. The Morgan fingerprint density at radius 2 is 1.55 bits per heavy atom. The van der Waals surface area contributed by atoms with Crippen molar-refractivity contribution in [3.05, 3.63) is 177 Å². The number of phenols is 1. The summed E-state index contributed by atoms with van der Waals surface area (Å²) in [6.07, 6.45) is 1.64. The number of aromatic nitrogens is 1. The minimum absolute atomic E-state index is 0.0488. The second-order valence-corrected chi connectivity index (χ2v) is 17.3. The summed E-state index contributed by atoms with van der Waals surface area (Å²) in [6, 6.07) is 34.8. The van der Waals surface area contributed by atoms with Gasteiger partial charge in [-0.1, -0.05) is 84.9 Å². The molecule has 14 nitrogen and oxygen atoms in total. The van der Waals surface area contributed by atoms with E-state index in [9.17, 15) is 34.5 Å². The number of aromatic amines is 1. The van der Waals surface area contributed by atoms with Gasteiger partial charge in [0.15, 0.2) is 6.61 Å². The number of esters is 1. The van der Waals surface area contributed by atoms with Crippen LogP contribution in [-0.4, -0.2) is 87.9 Å². The molecule has 8 rings (SSSR count). The number of phenolic OH excluding ortho intramolecular Hbond substituents is 1. The SMILES string of the molecule is O=C(COc1cccc([C@](O)(C(=O)OCC2CCN(Cc3ccccc3)CC2)c2ccccc2)c1)N[C@H]1C[C@H](NC(=O)c2ccc(CNC[C@H](O)c3ccc(O)c4[nH]c(=O)ccc34)c(F)c2)C1. The van der Waals surface area contributed by atoms with Gasteiger partial charge in [-0.05, 0) is 97.8 Å². The Morgan fingerprint density at radius 3 is 2.30 bits per heavy atom. The van der Waals surface area contributed by atoms with Crippen molar-refractivity contribution in [1.82, 2.24) is 25.8 Å². The van der Waals surface area contributed by atoms with E-state index in [1.165, 1.54) is 42.0 Å². The van der Waals surface area contributed by atoms with Crippen LogP contribution in [0.3, 0.4) is 0 Å². The first-order chi connectivity index (χ1) is 32.4. The highest BCUT2D eigenvalue weighted by atomic mass is 19.1. The highest BCUT2D eigenvalue weighted by Gasteiger charge is 2.42. The number of amides is 2. The standard InChI is InChI=1S/C52H54FN5O9/c53-44-24-35(14-15-36(44)28-54-29-46(60)42-16-18-45(59)49-43(42)17-19-47(61)57-49)50(63)56-40-26-39(27-40)55-48(62)32-66-41-13-7-12-38(25-41)52(65,37-10-5-2-6-11-37)51(64)67-31-34-20-22-58(23-21-34)30-33-8-3-1-4-9-33/h1-19,24-25,34,39-40,46,54,59-60,65H,20-23,26-32H2,(H,55,62)(H,56,63)(H,57,61)/t39-,40-,46-,52-/m0/s1. The number of aliphatic hydroxyl groups is 2. The minimum atomic E-state index is -2.13. The zero-order valence-electron chi connectivity index (χ0n) is 36.8. The summed E-state index contributed by atoms with van der Waals surface area (Å²) < 4.78 is 26.8. The third kappa shape index (κ3) is 11.4. The van der Waals surface area contributed by atoms with Gasteiger partial charge in [0.1, 0.15) is 17.3 Å². The number of pyridine rings is 1. The van der Waals surface area contributed by atoms with Crippen LogP contribution in [0.2, 0.25) is 0 Å². The van der Waals surface area contributed by atoms with Crippen LogP contribution in [0.5, 0.6) is 11.5 Å². The van der Waals surface area contributed by atoms with Crippen LogP contribution in [0.25, 0.3) is 10.9 Å². The van der Waals surface area contributed by atoms with Gasteiger partial charge in [0, 0.05) is 59.9 Å². The van der Waals surface area contributed by atoms with Crippen molar-refractivity contribution >= 4 is 28.7 Å². The second-order valence-electron chi connectivity index (χ2n) is 17.3. The molecule has 6 aromatic rings. The molecule has 2 aliphatic rings. The molecule has 1 saturated carbocycles. The maximum atomic E-state index is 15.1. The number of likely N-dealkylation sites (tertiary alicyclic amines) is 1. The molecule has 67 heavy (non-hydrogen) atoms. The van der Waals surface area contributed by atoms with Gasteiger partial charge in [-0.15, -0.1) is 0 Å². The number of carbonyl (C=O) groups excluding carboxylic acids is 3. The number of nitrogens with zero attached hydrogens (tertiary/aromatic N) is 1. The average molecular weight is 912 g/mol. The Labute approximate surface area is 386 Å². The summed E-state index contributed by atoms with van der Waals surface area (Å²) in [5.41, 5.74) is 0.427. The van der Waals surface area contributed by atoms with Crippen molar-refractivity contribution in [2.24, 2.45) is 5.92 Å². The first-order valence-corrected chi connectivity index (χ1v) is 22.5. The Bertz CT molecular complexity index is 2740. The Morgan fingerprint density at radius 1 is 0.836 bits per heavy atom. The number of nitrogens with one attached hydrogen (secondary N) is 4. The lowest BCUT2D eigenvalue weighted by Gasteiger charge is -2.36. The third-order valence-electron chi connectivity index (χ3n) is 12.6. The largest absolute Gasteiger partial charge is 0.506 e. The molecule has 2 fully saturated rings. The van der Waals surface area contributed by atoms with Crippen molar-refractivity contribution in [3.63, 3.8) is 0 Å². The van der Waals surface area contributed by atoms with Gasteiger partial charge in [0.05, 0.1) is 18.2 Å². The Balaban J connectivity index is 0.773. The molecule has 0 radical (unpaired) electrons. The summed E-state index contributed by atoms with van der Waals surface area (Å²) >= 11 is 0. The van der Waals surface area contributed by atoms with Gasteiger partial charge in [-0.2, -0.15) is 0 Å². The molecule has 15 heteroatoms. The van der Waals surface area contributed by atoms with Crippen LogP contribution in [0.15, 0.2) is 132 Å². The fourth-order valence-corrected chi connectivity index (χ4v) is 8.72. The molecule has 0 spiro atoms. The Hall–Kier alpha value is -6.91. The van der Waals surface area contributed by atoms with E-state index in [0.29, 0.717) is 29.4 Å². The second kappa shape index (κ2) is 21.2. The predicted molar refractivity (Wildman–Crippen MR) is 248 cm³/mol. The first-order valence-electron chi connectivity index (χ1n) is 22.5. The van der Waals surface area contributed by atoms with Crippen LogP contribution in [-0.2, 0) is 33.0 Å². The number of aromatic hydroxyl groups is 1. The van der Waals surface area contributed by atoms with E-state index in [4.69, 9.17) is 9.47 Å². The molecule has 0 bridgehead atoms. The van der Waals surface area contributed by atoms with Gasteiger partial charge < -0.3 is 45.7 Å². The monoisotopic (exact) mass is 911 g/mol. The fraction of sp³-hybridized carbons (Fsp3) is 0.308. The van der Waals surface area contributed by atoms with Crippen LogP contribution >= 0.6 is 0 Å². The van der Waals surface area contributed by atoms with Gasteiger partial charge in [-0.25, -0.2) is 9.18 Å². The lowest BCUT2D eigenvalue weighted by atomic mass is 9.86. The normalized spacial score (nSPS) is 17.7. The van der Waals surface area contributed by atoms with E-state index in [1.54, 1.807) is 54.6 Å². The molecule has 2 heterocycles. The van der Waals surface area contributed by atoms with Gasteiger partial charge in [-0.3, -0.25) is 19.3 Å². The molecule has 1 aliphatic carbocycles. The zero-order valence-corrected chi connectivity index (χ0v) is 36.8. The fourth-order valence-electron chi connectivity index (χ4n) is 8.72. The molecule has 348 valence electrons. The number of H-pyrrole nitrogens is 1. The van der Waals surface area contributed by atoms with Gasteiger partial charge >= 0.3 is 5.97 Å². The molecule has 2 amide bonds. The van der Waals surface area contributed by atoms with Crippen molar-refractivity contribution in [1.29, 1.82) is 0 Å². The summed E-state index contributed by atoms with van der Waals surface area (Å²) in [7, 11) is 0. The number of hydrogen-bond acceptors (Lipinski definition) is 11. The smallest absolute Gasteiger partial charge is 0.347 e. The van der Waals surface area contributed by atoms with E-state index in [0.717, 1.165) is 38.5 Å². The van der Waals surface area contributed by atoms with Gasteiger partial charge in [0.2, 0.25) is 11.2 Å². The number of halogens is 1. The van der Waals surface area contributed by atoms with Crippen molar-refractivity contribution < 1.29 is 43.6 Å². The number of piperidine rings is 1. The van der Waals surface area contributed by atoms with Crippen molar-refractivity contribution in [2.75, 3.05) is 32.8 Å². The quantitative estimate of drug-likeness (QED) is 0.0549. The lowest BCUT2D eigenvalue weighted by molar-refractivity contribution is -0.164. The van der Waals surface area contributed by atoms with E-state index >= 15 is 4.39 Å². The highest BCUT2D eigenvalue weighted by molar-refractivity contribution is 5.94. The lowest BCUT2D eigenvalue weighted by Crippen LogP contribution is -2.54. The molecule has 1 saturated heterocycles. The van der Waals surface area contributed by atoms with E-state index < -0.39 is 29.4 Å². The first kappa shape index (κ1) is 46.6. The Kier molecular flexibility index (Phi) is 14.7. The molecule has 5 aromatic carbocycles. The molecule has 1 aromatic heterocycles. The minimum Gasteiger partial charge on any atom is -0.506 e. The summed E-state index contributed by atoms with van der Waals surface area (Å²) in [6.45, 7) is 2.61. The zero-order chi connectivity index (χ0) is 46.9. The number of rotatable bonds is 18. The average Bonchev–Trinajstić information content (AvgIpc) is 3.33. The maximum Gasteiger partial charge on any atom is 0.347 e. The summed E-state index contributed by atoms with van der Waals surface area (Å²) in [5, 5.41) is 42.3. The third-order valence-corrected chi connectivity index (χ3v) is 12.6. The van der Waals surface area contributed by atoms with Crippen LogP contribution in [0, 0.1) is 11.7 Å². The van der Waals surface area contributed by atoms with Crippen LogP contribution in [0.1, 0.15) is 70.0 Å². The van der Waals surface area contributed by atoms with Crippen molar-refractivity contribution in [3.8, 4) is 11.5 Å². The number of aliphatic hydroxyl groups excluding tert-OH is 1. The maximum absolute atomic E-state index is 15.1. The number of benzene rings is 5. The molecule has 0 unspecified atom stereocenters.